The zero-order chi connectivity index (χ0) is 26.3. The fourth-order valence-electron chi connectivity index (χ4n) is 6.68. The van der Waals surface area contributed by atoms with Gasteiger partial charge in [0.25, 0.3) is 0 Å². The summed E-state index contributed by atoms with van der Waals surface area (Å²) in [5.41, 5.74) is 1.01. The molecule has 3 aliphatic rings. The van der Waals surface area contributed by atoms with Gasteiger partial charge in [0.1, 0.15) is 23.4 Å². The third-order valence-electron chi connectivity index (χ3n) is 8.92. The van der Waals surface area contributed by atoms with E-state index in [0.29, 0.717) is 24.9 Å². The molecule has 1 N–H and O–H groups in total. The lowest BCUT2D eigenvalue weighted by Crippen LogP contribution is -2.50. The van der Waals surface area contributed by atoms with Crippen LogP contribution in [-0.4, -0.2) is 59.9 Å². The van der Waals surface area contributed by atoms with Gasteiger partial charge in [0.2, 0.25) is 0 Å². The van der Waals surface area contributed by atoms with Crippen LogP contribution in [0.3, 0.4) is 0 Å². The maximum absolute atomic E-state index is 14.5. The summed E-state index contributed by atoms with van der Waals surface area (Å²) in [6.07, 6.45) is 6.61. The molecular weight excluding hydrogens is 492 g/mol. The Morgan fingerprint density at radius 1 is 1.13 bits per heavy atom. The molecule has 2 atom stereocenters. The Labute approximate surface area is 217 Å². The first-order valence-electron chi connectivity index (χ1n) is 12.6. The van der Waals surface area contributed by atoms with Crippen LogP contribution in [0.15, 0.2) is 43.0 Å². The number of aliphatic hydroxyl groups excluding tert-OH is 1. The normalized spacial score (nSPS) is 24.3. The number of ether oxygens (including phenoxy) is 1. The molecule has 1 aromatic carbocycles. The van der Waals surface area contributed by atoms with Gasteiger partial charge in [-0.1, -0.05) is 19.9 Å². The second-order valence-electron chi connectivity index (χ2n) is 11.1. The van der Waals surface area contributed by atoms with Crippen LogP contribution >= 0.6 is 0 Å². The van der Waals surface area contributed by atoms with Crippen LogP contribution in [0, 0.1) is 17.0 Å². The minimum Gasteiger partial charge on any atom is -0.395 e. The molecule has 4 heterocycles. The fraction of sp³-hybridized carbons (Fsp3) is 0.407. The molecule has 9 nitrogen and oxygen atoms in total. The molecule has 7 rings (SSSR count). The summed E-state index contributed by atoms with van der Waals surface area (Å²) >= 11 is 0. The first kappa shape index (κ1) is 23.4. The topological polar surface area (TPSA) is 112 Å². The van der Waals surface area contributed by atoms with Crippen molar-refractivity contribution in [1.82, 2.24) is 34.9 Å². The van der Waals surface area contributed by atoms with E-state index in [9.17, 15) is 13.9 Å². The van der Waals surface area contributed by atoms with Gasteiger partial charge in [0.05, 0.1) is 54.1 Å². The highest BCUT2D eigenvalue weighted by molar-refractivity contribution is 5.64. The lowest BCUT2D eigenvalue weighted by molar-refractivity contribution is -0.0883. The predicted molar refractivity (Wildman–Crippen MR) is 130 cm³/mol. The van der Waals surface area contributed by atoms with Crippen LogP contribution in [0.5, 0.6) is 0 Å². The summed E-state index contributed by atoms with van der Waals surface area (Å²) in [5, 5.41) is 23.3. The maximum Gasteiger partial charge on any atom is 0.173 e. The zero-order valence-corrected chi connectivity index (χ0v) is 20.9. The van der Waals surface area contributed by atoms with Gasteiger partial charge in [-0.2, -0.15) is 5.10 Å². The van der Waals surface area contributed by atoms with E-state index in [1.54, 1.807) is 29.5 Å². The molecule has 0 spiro atoms. The van der Waals surface area contributed by atoms with Crippen molar-refractivity contribution in [2.75, 3.05) is 19.8 Å². The molecule has 1 saturated heterocycles. The Hall–Kier alpha value is -3.70. The van der Waals surface area contributed by atoms with Crippen LogP contribution in [-0.2, 0) is 15.6 Å². The predicted octanol–water partition coefficient (Wildman–Crippen LogP) is 3.26. The fourth-order valence-corrected chi connectivity index (χ4v) is 6.68. The first-order chi connectivity index (χ1) is 18.3. The lowest BCUT2D eigenvalue weighted by Gasteiger charge is -2.37. The van der Waals surface area contributed by atoms with Gasteiger partial charge in [-0.05, 0) is 47.9 Å². The maximum atomic E-state index is 14.5. The van der Waals surface area contributed by atoms with Crippen molar-refractivity contribution in [1.29, 1.82) is 0 Å². The van der Waals surface area contributed by atoms with Gasteiger partial charge < -0.3 is 9.84 Å². The van der Waals surface area contributed by atoms with E-state index in [1.165, 1.54) is 18.2 Å². The van der Waals surface area contributed by atoms with Crippen LogP contribution in [0.2, 0.25) is 0 Å². The van der Waals surface area contributed by atoms with Crippen molar-refractivity contribution in [3.8, 4) is 17.1 Å². The number of hydrogen-bond donors (Lipinski definition) is 1. The molecular formula is C27H25F2N7O2. The van der Waals surface area contributed by atoms with Crippen molar-refractivity contribution >= 4 is 0 Å². The minimum atomic E-state index is -0.668. The van der Waals surface area contributed by atoms with Gasteiger partial charge >= 0.3 is 0 Å². The number of aliphatic hydroxyl groups is 1. The molecule has 4 aromatic rings. The van der Waals surface area contributed by atoms with E-state index in [-0.39, 0.29) is 29.2 Å². The van der Waals surface area contributed by atoms with Crippen LogP contribution in [0.1, 0.15) is 55.4 Å². The summed E-state index contributed by atoms with van der Waals surface area (Å²) in [7, 11) is 0. The molecule has 2 bridgehead atoms. The lowest BCUT2D eigenvalue weighted by atomic mass is 9.66. The quantitative estimate of drug-likeness (QED) is 0.430. The van der Waals surface area contributed by atoms with Crippen LogP contribution < -0.4 is 0 Å². The Kier molecular flexibility index (Phi) is 4.87. The summed E-state index contributed by atoms with van der Waals surface area (Å²) in [4.78, 5) is 13.9. The number of hydrogen-bond acceptors (Lipinski definition) is 8. The van der Waals surface area contributed by atoms with Crippen LogP contribution in [0.4, 0.5) is 8.78 Å². The van der Waals surface area contributed by atoms with E-state index < -0.39 is 22.5 Å². The second kappa shape index (κ2) is 7.90. The molecule has 194 valence electrons. The standard InChI is InChI=1S/C27H25F2N7O2/c1-25(2)16-6-7-27(25,23-15(16)8-19(33-34-23)22-17(28)4-3-5-18(22)29)20-9-30-10-21(32-20)36-14-31-24(35-36)26(11-37)12-38-13-26/h3-5,8-10,14,16,37H,6-7,11-13H2,1-2H3/t16-,27-/m0/s1. The van der Waals surface area contributed by atoms with E-state index in [4.69, 9.17) is 9.72 Å². The molecule has 38 heavy (non-hydrogen) atoms. The number of aromatic nitrogens is 7. The van der Waals surface area contributed by atoms with Gasteiger partial charge in [-0.25, -0.2) is 23.4 Å². The smallest absolute Gasteiger partial charge is 0.173 e. The molecule has 11 heteroatoms. The Bertz CT molecular complexity index is 1560. The summed E-state index contributed by atoms with van der Waals surface area (Å²) in [6.45, 7) is 4.99. The van der Waals surface area contributed by atoms with E-state index in [1.807, 2.05) is 0 Å². The molecule has 0 radical (unpaired) electrons. The Morgan fingerprint density at radius 2 is 1.92 bits per heavy atom. The highest BCUT2D eigenvalue weighted by atomic mass is 19.1. The molecule has 0 unspecified atom stereocenters. The highest BCUT2D eigenvalue weighted by Crippen LogP contribution is 2.69. The van der Waals surface area contributed by atoms with Crippen molar-refractivity contribution < 1.29 is 18.6 Å². The summed E-state index contributed by atoms with van der Waals surface area (Å²) in [5.74, 6) is -0.220. The highest BCUT2D eigenvalue weighted by Gasteiger charge is 2.65. The van der Waals surface area contributed by atoms with Crippen molar-refractivity contribution in [3.05, 3.63) is 77.4 Å². The Morgan fingerprint density at radius 3 is 2.63 bits per heavy atom. The van der Waals surface area contributed by atoms with E-state index in [2.05, 4.69) is 39.1 Å². The largest absolute Gasteiger partial charge is 0.395 e. The Balaban J connectivity index is 1.32. The molecule has 3 aromatic heterocycles. The van der Waals surface area contributed by atoms with Crippen molar-refractivity contribution in [2.45, 2.75) is 43.4 Å². The zero-order valence-electron chi connectivity index (χ0n) is 20.9. The first-order valence-corrected chi connectivity index (χ1v) is 12.6. The van der Waals surface area contributed by atoms with Gasteiger partial charge in [-0.15, -0.1) is 10.2 Å². The average Bonchev–Trinajstić information content (AvgIpc) is 3.52. The molecule has 0 amide bonds. The third kappa shape index (κ3) is 2.91. The van der Waals surface area contributed by atoms with Gasteiger partial charge in [0.15, 0.2) is 11.6 Å². The second-order valence-corrected chi connectivity index (χ2v) is 11.1. The number of fused-ring (bicyclic) bond motifs is 5. The molecule has 1 saturated carbocycles. The van der Waals surface area contributed by atoms with Crippen molar-refractivity contribution in [2.24, 2.45) is 5.41 Å². The number of rotatable bonds is 5. The number of halogens is 2. The van der Waals surface area contributed by atoms with Gasteiger partial charge in [0, 0.05) is 6.20 Å². The number of benzene rings is 1. The van der Waals surface area contributed by atoms with Crippen LogP contribution in [0.25, 0.3) is 17.1 Å². The van der Waals surface area contributed by atoms with Crippen molar-refractivity contribution in [3.63, 3.8) is 0 Å². The number of nitrogens with zero attached hydrogens (tertiary/aromatic N) is 7. The molecule has 2 fully saturated rings. The molecule has 2 aliphatic carbocycles. The third-order valence-corrected chi connectivity index (χ3v) is 8.92. The summed E-state index contributed by atoms with van der Waals surface area (Å²) in [6, 6.07) is 5.57. The minimum absolute atomic E-state index is 0.102. The summed E-state index contributed by atoms with van der Waals surface area (Å²) < 4.78 is 35.9. The average molecular weight is 518 g/mol. The monoisotopic (exact) mass is 517 g/mol. The molecule has 1 aliphatic heterocycles. The SMILES string of the molecule is CC1(C)[C@H]2CC[C@]1(c1cncc(-n3cnc(C4(CO)COC4)n3)n1)c1nnc(-c3c(F)cccc3F)cc12. The van der Waals surface area contributed by atoms with E-state index in [0.717, 1.165) is 29.8 Å². The van der Waals surface area contributed by atoms with E-state index >= 15 is 0 Å². The van der Waals surface area contributed by atoms with Gasteiger partial charge in [-0.3, -0.25) is 4.98 Å².